The number of aromatic nitrogens is 3. The molecule has 1 N–H and O–H groups in total. The van der Waals surface area contributed by atoms with E-state index in [0.717, 1.165) is 25.7 Å². The Morgan fingerprint density at radius 1 is 1.28 bits per heavy atom. The molecule has 1 aliphatic carbocycles. The highest BCUT2D eigenvalue weighted by molar-refractivity contribution is 7.98. The topological polar surface area (TPSA) is 97.6 Å². The van der Waals surface area contributed by atoms with Gasteiger partial charge in [0.1, 0.15) is 5.60 Å². The van der Waals surface area contributed by atoms with Crippen LogP contribution in [-0.2, 0) is 11.3 Å². The number of piperidine rings is 1. The third-order valence-corrected chi connectivity index (χ3v) is 7.36. The molecule has 4 rings (SSSR count). The molecule has 1 atom stereocenters. The van der Waals surface area contributed by atoms with Gasteiger partial charge in [-0.1, -0.05) is 24.6 Å². The summed E-state index contributed by atoms with van der Waals surface area (Å²) in [4.78, 5) is 36.3. The first-order valence-corrected chi connectivity index (χ1v) is 12.4. The maximum absolute atomic E-state index is 13.2. The van der Waals surface area contributed by atoms with Crippen LogP contribution in [0.2, 0.25) is 0 Å². The molecule has 2 fully saturated rings. The van der Waals surface area contributed by atoms with Gasteiger partial charge < -0.3 is 19.3 Å². The Labute approximate surface area is 192 Å². The van der Waals surface area contributed by atoms with Crippen LogP contribution in [0.15, 0.2) is 28.4 Å². The van der Waals surface area contributed by atoms with Gasteiger partial charge in [0.25, 0.3) is 5.56 Å². The van der Waals surface area contributed by atoms with Crippen LogP contribution in [-0.4, -0.2) is 61.2 Å². The largest absolute Gasteiger partial charge is 0.444 e. The Morgan fingerprint density at radius 2 is 2.00 bits per heavy atom. The number of nitrogens with zero attached hydrogens (tertiary/aromatic N) is 4. The number of pyridine rings is 1. The summed E-state index contributed by atoms with van der Waals surface area (Å²) >= 11 is 1.43. The van der Waals surface area contributed by atoms with Crippen LogP contribution in [0, 0.1) is 5.41 Å². The zero-order valence-electron chi connectivity index (χ0n) is 19.3. The lowest BCUT2D eigenvalue weighted by atomic mass is 9.66. The molecular formula is C23H32N4O4S. The molecule has 2 aromatic rings. The van der Waals surface area contributed by atoms with Crippen LogP contribution in [0.1, 0.15) is 52.9 Å². The lowest BCUT2D eigenvalue weighted by Gasteiger charge is -2.52. The number of ether oxygens (including phenoxy) is 1. The van der Waals surface area contributed by atoms with E-state index in [0.29, 0.717) is 35.6 Å². The zero-order valence-corrected chi connectivity index (χ0v) is 20.1. The van der Waals surface area contributed by atoms with Crippen molar-refractivity contribution in [2.24, 2.45) is 5.41 Å². The Morgan fingerprint density at radius 3 is 2.66 bits per heavy atom. The van der Waals surface area contributed by atoms with Gasteiger partial charge in [-0.3, -0.25) is 4.79 Å². The number of likely N-dealkylation sites (tertiary alicyclic amines) is 1. The van der Waals surface area contributed by atoms with Crippen molar-refractivity contribution in [2.75, 3.05) is 19.3 Å². The maximum atomic E-state index is 13.2. The molecule has 9 heteroatoms. The molecule has 2 aliphatic rings. The first kappa shape index (κ1) is 23.0. The summed E-state index contributed by atoms with van der Waals surface area (Å²) in [5.74, 6) is 0. The first-order chi connectivity index (χ1) is 15.1. The lowest BCUT2D eigenvalue weighted by molar-refractivity contribution is -0.140. The third-order valence-electron chi connectivity index (χ3n) is 6.80. The molecule has 1 amide bonds. The summed E-state index contributed by atoms with van der Waals surface area (Å²) in [6.45, 7) is 6.60. The molecule has 2 aromatic heterocycles. The Bertz CT molecular complexity index is 1070. The van der Waals surface area contributed by atoms with Crippen molar-refractivity contribution in [1.29, 1.82) is 0 Å². The molecule has 0 radical (unpaired) electrons. The predicted octanol–water partition coefficient (Wildman–Crippen LogP) is 3.45. The number of hydrogen-bond acceptors (Lipinski definition) is 7. The van der Waals surface area contributed by atoms with E-state index in [2.05, 4.69) is 9.97 Å². The average Bonchev–Trinajstić information content (AvgIpc) is 3.21. The molecular weight excluding hydrogens is 428 g/mol. The first-order valence-electron chi connectivity index (χ1n) is 11.2. The summed E-state index contributed by atoms with van der Waals surface area (Å²) in [5, 5.41) is 13.0. The second kappa shape index (κ2) is 8.33. The van der Waals surface area contributed by atoms with E-state index >= 15 is 0 Å². The van der Waals surface area contributed by atoms with Crippen molar-refractivity contribution in [3.8, 4) is 0 Å². The summed E-state index contributed by atoms with van der Waals surface area (Å²) in [7, 11) is 0. The molecule has 0 unspecified atom stereocenters. The number of hydrogen-bond donors (Lipinski definition) is 1. The monoisotopic (exact) mass is 460 g/mol. The molecule has 0 bridgehead atoms. The number of thioether (sulfide) groups is 1. The van der Waals surface area contributed by atoms with Crippen molar-refractivity contribution in [2.45, 2.75) is 75.8 Å². The minimum atomic E-state index is -1.08. The van der Waals surface area contributed by atoms with Crippen molar-refractivity contribution >= 4 is 28.8 Å². The van der Waals surface area contributed by atoms with Gasteiger partial charge in [0, 0.05) is 30.9 Å². The van der Waals surface area contributed by atoms with Crippen LogP contribution in [0.5, 0.6) is 0 Å². The predicted molar refractivity (Wildman–Crippen MR) is 124 cm³/mol. The van der Waals surface area contributed by atoms with Crippen LogP contribution in [0.25, 0.3) is 10.9 Å². The van der Waals surface area contributed by atoms with Crippen molar-refractivity contribution < 1.29 is 14.6 Å². The standard InChI is InChI=1S/C23H32N4O4S/c1-21(2,3)31-20(29)27-12-10-23(30,22(14-27)8-5-6-9-22)15-26-11-7-17-16(18(26)28)13-24-19(25-17)32-4/h7,11,13,30H,5-6,8-10,12,14-15H2,1-4H3/t23-/m1/s1. The van der Waals surface area contributed by atoms with Gasteiger partial charge in [-0.25, -0.2) is 14.8 Å². The number of carbonyl (C=O) groups excluding carboxylic acids is 1. The number of aliphatic hydroxyl groups is 1. The average molecular weight is 461 g/mol. The molecule has 32 heavy (non-hydrogen) atoms. The van der Waals surface area contributed by atoms with E-state index < -0.39 is 16.6 Å². The summed E-state index contributed by atoms with van der Waals surface area (Å²) < 4.78 is 7.16. The second-order valence-corrected chi connectivity index (χ2v) is 10.8. The van der Waals surface area contributed by atoms with E-state index in [1.807, 2.05) is 27.0 Å². The number of carbonyl (C=O) groups is 1. The van der Waals surface area contributed by atoms with Crippen LogP contribution in [0.3, 0.4) is 0 Å². The smallest absolute Gasteiger partial charge is 0.410 e. The van der Waals surface area contributed by atoms with Gasteiger partial charge in [-0.2, -0.15) is 0 Å². The maximum Gasteiger partial charge on any atom is 0.410 e. The van der Waals surface area contributed by atoms with Crippen LogP contribution in [0.4, 0.5) is 4.79 Å². The molecule has 174 valence electrons. The van der Waals surface area contributed by atoms with E-state index in [1.165, 1.54) is 11.8 Å². The number of amides is 1. The number of rotatable bonds is 3. The molecule has 8 nitrogen and oxygen atoms in total. The van der Waals surface area contributed by atoms with Gasteiger partial charge >= 0.3 is 6.09 Å². The third kappa shape index (κ3) is 4.24. The minimum Gasteiger partial charge on any atom is -0.444 e. The highest BCUT2D eigenvalue weighted by atomic mass is 32.2. The van der Waals surface area contributed by atoms with Crippen LogP contribution >= 0.6 is 11.8 Å². The highest BCUT2D eigenvalue weighted by Crippen LogP contribution is 2.51. The Kier molecular flexibility index (Phi) is 6.00. The molecule has 1 aliphatic heterocycles. The highest BCUT2D eigenvalue weighted by Gasteiger charge is 2.56. The van der Waals surface area contributed by atoms with Gasteiger partial charge in [-0.15, -0.1) is 0 Å². The van der Waals surface area contributed by atoms with Crippen molar-refractivity contribution in [3.05, 3.63) is 28.8 Å². The van der Waals surface area contributed by atoms with E-state index in [1.54, 1.807) is 27.9 Å². The zero-order chi connectivity index (χ0) is 23.1. The lowest BCUT2D eigenvalue weighted by Crippen LogP contribution is -2.62. The SMILES string of the molecule is CSc1ncc2c(=O)n(C[C@]3(O)CCN(C(=O)OC(C)(C)C)CC34CCCC4)ccc2n1. The molecule has 3 heterocycles. The normalized spacial score (nSPS) is 23.1. The van der Waals surface area contributed by atoms with Gasteiger partial charge in [0.2, 0.25) is 0 Å². The fourth-order valence-corrected chi connectivity index (χ4v) is 5.49. The summed E-state index contributed by atoms with van der Waals surface area (Å²) in [6.07, 6.45) is 8.88. The Balaban J connectivity index is 1.62. The van der Waals surface area contributed by atoms with Crippen molar-refractivity contribution in [3.63, 3.8) is 0 Å². The fourth-order valence-electron chi connectivity index (χ4n) is 5.14. The van der Waals surface area contributed by atoms with E-state index in [4.69, 9.17) is 4.74 Å². The summed E-state index contributed by atoms with van der Waals surface area (Å²) in [6, 6.07) is 1.80. The van der Waals surface area contributed by atoms with Crippen LogP contribution < -0.4 is 5.56 Å². The molecule has 1 saturated heterocycles. The number of fused-ring (bicyclic) bond motifs is 1. The van der Waals surface area contributed by atoms with E-state index in [-0.39, 0.29) is 18.2 Å². The molecule has 0 aromatic carbocycles. The fraction of sp³-hybridized carbons (Fsp3) is 0.652. The van der Waals surface area contributed by atoms with Gasteiger partial charge in [-0.05, 0) is 52.4 Å². The summed E-state index contributed by atoms with van der Waals surface area (Å²) in [5.41, 5.74) is -1.70. The quantitative estimate of drug-likeness (QED) is 0.553. The minimum absolute atomic E-state index is 0.189. The molecule has 1 spiro atoms. The van der Waals surface area contributed by atoms with Crippen molar-refractivity contribution in [1.82, 2.24) is 19.4 Å². The molecule has 1 saturated carbocycles. The van der Waals surface area contributed by atoms with E-state index in [9.17, 15) is 14.7 Å². The van der Waals surface area contributed by atoms with Gasteiger partial charge in [0.15, 0.2) is 5.16 Å². The Hall–Kier alpha value is -2.13. The second-order valence-electron chi connectivity index (χ2n) is 10.1. The van der Waals surface area contributed by atoms with Gasteiger partial charge in [0.05, 0.1) is 23.0 Å².